The summed E-state index contributed by atoms with van der Waals surface area (Å²) in [5, 5.41) is 0.864. The van der Waals surface area contributed by atoms with E-state index in [1.807, 2.05) is 6.92 Å². The highest BCUT2D eigenvalue weighted by Crippen LogP contribution is 2.32. The van der Waals surface area contributed by atoms with Crippen LogP contribution in [0.4, 0.5) is 5.69 Å². The molecule has 0 radical (unpaired) electrons. The second-order valence-corrected chi connectivity index (χ2v) is 7.44. The minimum absolute atomic E-state index is 0.0406. The third-order valence-electron chi connectivity index (χ3n) is 3.71. The number of hydrogen-bond donors (Lipinski definition) is 1. The van der Waals surface area contributed by atoms with E-state index < -0.39 is 10.0 Å². The number of pyridine rings is 1. The van der Waals surface area contributed by atoms with E-state index in [1.165, 1.54) is 25.3 Å². The lowest BCUT2D eigenvalue weighted by atomic mass is 10.2. The van der Waals surface area contributed by atoms with Crippen molar-refractivity contribution < 1.29 is 17.9 Å². The van der Waals surface area contributed by atoms with Gasteiger partial charge in [0.05, 0.1) is 29.3 Å². The number of sulfonamides is 1. The number of methoxy groups -OCH3 is 1. The van der Waals surface area contributed by atoms with E-state index in [0.29, 0.717) is 34.7 Å². The van der Waals surface area contributed by atoms with Crippen molar-refractivity contribution in [3.8, 4) is 11.5 Å². The van der Waals surface area contributed by atoms with Crippen LogP contribution in [-0.2, 0) is 10.0 Å². The first-order chi connectivity index (χ1) is 12.5. The smallest absolute Gasteiger partial charge is 0.261 e. The summed E-state index contributed by atoms with van der Waals surface area (Å²) in [7, 11) is -2.30. The van der Waals surface area contributed by atoms with E-state index >= 15 is 0 Å². The molecule has 1 aromatic heterocycles. The number of fused-ring (bicyclic) bond motifs is 1. The topological polar surface area (TPSA) is 77.5 Å². The average molecular weight is 393 g/mol. The number of nitrogens with zero attached hydrogens (tertiary/aromatic N) is 1. The Morgan fingerprint density at radius 1 is 1.15 bits per heavy atom. The molecule has 0 unspecified atom stereocenters. The Morgan fingerprint density at radius 2 is 1.92 bits per heavy atom. The third-order valence-corrected chi connectivity index (χ3v) is 5.37. The molecular weight excluding hydrogens is 376 g/mol. The lowest BCUT2D eigenvalue weighted by Gasteiger charge is -2.13. The summed E-state index contributed by atoms with van der Waals surface area (Å²) in [6, 6.07) is 11.1. The van der Waals surface area contributed by atoms with E-state index in [4.69, 9.17) is 21.1 Å². The molecule has 136 valence electrons. The van der Waals surface area contributed by atoms with Gasteiger partial charge in [-0.3, -0.25) is 9.71 Å². The Bertz CT molecular complexity index is 1050. The molecule has 8 heteroatoms. The fourth-order valence-corrected chi connectivity index (χ4v) is 3.93. The lowest BCUT2D eigenvalue weighted by Crippen LogP contribution is -2.13. The fraction of sp³-hybridized carbons (Fsp3) is 0.167. The summed E-state index contributed by atoms with van der Waals surface area (Å²) in [5.41, 5.74) is 0.971. The number of aromatic nitrogens is 1. The van der Waals surface area contributed by atoms with Crippen LogP contribution in [0, 0.1) is 0 Å². The second kappa shape index (κ2) is 7.39. The third kappa shape index (κ3) is 3.54. The van der Waals surface area contributed by atoms with Crippen molar-refractivity contribution in [2.24, 2.45) is 0 Å². The monoisotopic (exact) mass is 392 g/mol. The first kappa shape index (κ1) is 18.3. The number of ether oxygens (including phenoxy) is 2. The molecule has 0 aliphatic rings. The molecule has 0 fully saturated rings. The Kier molecular flexibility index (Phi) is 5.20. The maximum absolute atomic E-state index is 12.8. The number of rotatable bonds is 6. The molecule has 0 atom stereocenters. The molecule has 0 bridgehead atoms. The maximum atomic E-state index is 12.8. The van der Waals surface area contributed by atoms with Crippen LogP contribution in [0.3, 0.4) is 0 Å². The summed E-state index contributed by atoms with van der Waals surface area (Å²) in [5.74, 6) is 1.000. The van der Waals surface area contributed by atoms with E-state index in [1.54, 1.807) is 30.5 Å². The quantitative estimate of drug-likeness (QED) is 0.683. The van der Waals surface area contributed by atoms with Gasteiger partial charge < -0.3 is 9.47 Å². The molecule has 0 saturated heterocycles. The van der Waals surface area contributed by atoms with Gasteiger partial charge >= 0.3 is 0 Å². The molecule has 0 aliphatic carbocycles. The van der Waals surface area contributed by atoms with Crippen LogP contribution in [0.2, 0.25) is 5.02 Å². The molecule has 1 heterocycles. The van der Waals surface area contributed by atoms with E-state index in [-0.39, 0.29) is 9.92 Å². The highest BCUT2D eigenvalue weighted by Gasteiger charge is 2.18. The summed E-state index contributed by atoms with van der Waals surface area (Å²) >= 11 is 6.11. The largest absolute Gasteiger partial charge is 0.494 e. The van der Waals surface area contributed by atoms with Crippen molar-refractivity contribution in [2.75, 3.05) is 18.4 Å². The Morgan fingerprint density at radius 3 is 2.62 bits per heavy atom. The number of benzene rings is 2. The summed E-state index contributed by atoms with van der Waals surface area (Å²) in [6.45, 7) is 2.26. The maximum Gasteiger partial charge on any atom is 0.261 e. The molecular formula is C18H17ClN2O4S. The second-order valence-electron chi connectivity index (χ2n) is 5.35. The van der Waals surface area contributed by atoms with E-state index in [2.05, 4.69) is 9.71 Å². The van der Waals surface area contributed by atoms with Crippen LogP contribution in [0.1, 0.15) is 6.92 Å². The molecule has 0 saturated carbocycles. The summed E-state index contributed by atoms with van der Waals surface area (Å²) < 4.78 is 38.7. The van der Waals surface area contributed by atoms with E-state index in [0.717, 1.165) is 0 Å². The molecule has 1 N–H and O–H groups in total. The highest BCUT2D eigenvalue weighted by molar-refractivity contribution is 7.92. The van der Waals surface area contributed by atoms with Crippen molar-refractivity contribution in [3.63, 3.8) is 0 Å². The number of nitrogens with one attached hydrogen (secondary N) is 1. The first-order valence-electron chi connectivity index (χ1n) is 7.83. The zero-order valence-corrected chi connectivity index (χ0v) is 15.8. The molecule has 2 aromatic carbocycles. The molecule has 6 nitrogen and oxygen atoms in total. The van der Waals surface area contributed by atoms with Crippen molar-refractivity contribution in [1.29, 1.82) is 0 Å². The van der Waals surface area contributed by atoms with Crippen LogP contribution in [-0.4, -0.2) is 27.1 Å². The minimum atomic E-state index is -3.84. The van der Waals surface area contributed by atoms with Crippen LogP contribution < -0.4 is 14.2 Å². The van der Waals surface area contributed by atoms with Gasteiger partial charge in [-0.15, -0.1) is 0 Å². The molecule has 0 spiro atoms. The average Bonchev–Trinajstić information content (AvgIpc) is 2.63. The van der Waals surface area contributed by atoms with Gasteiger partial charge in [0.25, 0.3) is 10.0 Å². The number of halogens is 1. The van der Waals surface area contributed by atoms with Crippen LogP contribution in [0.25, 0.3) is 10.9 Å². The predicted molar refractivity (Wildman–Crippen MR) is 102 cm³/mol. The first-order valence-corrected chi connectivity index (χ1v) is 9.69. The van der Waals surface area contributed by atoms with Crippen molar-refractivity contribution in [1.82, 2.24) is 4.98 Å². The van der Waals surface area contributed by atoms with E-state index in [9.17, 15) is 8.42 Å². The zero-order valence-electron chi connectivity index (χ0n) is 14.2. The summed E-state index contributed by atoms with van der Waals surface area (Å²) in [6.07, 6.45) is 1.62. The molecule has 0 aliphatic heterocycles. The molecule has 0 amide bonds. The SMILES string of the molecule is CCOc1ccc(S(=O)(=O)Nc2ccc(OC)c3ncccc23)cc1Cl. The standard InChI is InChI=1S/C18H17ClN2O4S/c1-3-25-16-8-6-12(11-14(16)19)26(22,23)21-15-7-9-17(24-2)18-13(15)5-4-10-20-18/h4-11,21H,3H2,1-2H3. The highest BCUT2D eigenvalue weighted by atomic mass is 35.5. The Hall–Kier alpha value is -2.51. The molecule has 26 heavy (non-hydrogen) atoms. The van der Waals surface area contributed by atoms with Crippen LogP contribution in [0.15, 0.2) is 53.6 Å². The number of anilines is 1. The zero-order chi connectivity index (χ0) is 18.7. The lowest BCUT2D eigenvalue weighted by molar-refractivity contribution is 0.340. The van der Waals surface area contributed by atoms with Gasteiger partial charge in [0.2, 0.25) is 0 Å². The summed E-state index contributed by atoms with van der Waals surface area (Å²) in [4.78, 5) is 4.30. The normalized spacial score (nSPS) is 11.3. The van der Waals surface area contributed by atoms with Gasteiger partial charge in [0, 0.05) is 11.6 Å². The van der Waals surface area contributed by atoms with Crippen molar-refractivity contribution in [2.45, 2.75) is 11.8 Å². The van der Waals surface area contributed by atoms with Gasteiger partial charge in [0.1, 0.15) is 17.0 Å². The van der Waals surface area contributed by atoms with Crippen LogP contribution in [0.5, 0.6) is 11.5 Å². The predicted octanol–water partition coefficient (Wildman–Crippen LogP) is 4.10. The minimum Gasteiger partial charge on any atom is -0.494 e. The molecule has 3 rings (SSSR count). The Labute approximate surface area is 156 Å². The van der Waals surface area contributed by atoms with Gasteiger partial charge in [-0.1, -0.05) is 11.6 Å². The van der Waals surface area contributed by atoms with Crippen molar-refractivity contribution >= 4 is 38.2 Å². The number of hydrogen-bond acceptors (Lipinski definition) is 5. The van der Waals surface area contributed by atoms with Crippen LogP contribution >= 0.6 is 11.6 Å². The molecule has 3 aromatic rings. The fourth-order valence-electron chi connectivity index (χ4n) is 2.53. The Balaban J connectivity index is 2.00. The van der Waals surface area contributed by atoms with Gasteiger partial charge in [-0.25, -0.2) is 8.42 Å². The van der Waals surface area contributed by atoms with Gasteiger partial charge in [0.15, 0.2) is 0 Å². The van der Waals surface area contributed by atoms with Crippen molar-refractivity contribution in [3.05, 3.63) is 53.7 Å². The van der Waals surface area contributed by atoms with Gasteiger partial charge in [-0.2, -0.15) is 0 Å². The van der Waals surface area contributed by atoms with Gasteiger partial charge in [-0.05, 0) is 49.4 Å².